The minimum absolute atomic E-state index is 0.0834. The Hall–Kier alpha value is -2.86. The van der Waals surface area contributed by atoms with E-state index in [0.29, 0.717) is 29.3 Å². The summed E-state index contributed by atoms with van der Waals surface area (Å²) in [5.41, 5.74) is 7.18. The maximum Gasteiger partial charge on any atom is 0.252 e. The van der Waals surface area contributed by atoms with Crippen LogP contribution in [0.5, 0.6) is 5.75 Å². The molecule has 0 spiro atoms. The van der Waals surface area contributed by atoms with Gasteiger partial charge in [-0.15, -0.1) is 0 Å². The molecular weight excluding hydrogens is 378 g/mol. The van der Waals surface area contributed by atoms with Crippen molar-refractivity contribution in [3.05, 3.63) is 65.2 Å². The largest absolute Gasteiger partial charge is 0.488 e. The molecule has 2 aromatic rings. The van der Waals surface area contributed by atoms with Crippen LogP contribution in [0.4, 0.5) is 0 Å². The van der Waals surface area contributed by atoms with Crippen molar-refractivity contribution in [3.63, 3.8) is 0 Å². The predicted molar refractivity (Wildman–Crippen MR) is 118 cm³/mol. The topological polar surface area (TPSA) is 84.7 Å². The van der Waals surface area contributed by atoms with Crippen molar-refractivity contribution in [2.75, 3.05) is 26.2 Å². The van der Waals surface area contributed by atoms with E-state index in [9.17, 15) is 9.59 Å². The van der Waals surface area contributed by atoms with Gasteiger partial charge in [0.1, 0.15) is 12.4 Å². The molecule has 0 saturated carbocycles. The Morgan fingerprint density at radius 1 is 1.10 bits per heavy atom. The highest BCUT2D eigenvalue weighted by atomic mass is 16.5. The fourth-order valence-electron chi connectivity index (χ4n) is 3.78. The summed E-state index contributed by atoms with van der Waals surface area (Å²) in [4.78, 5) is 26.6. The molecule has 0 radical (unpaired) electrons. The van der Waals surface area contributed by atoms with E-state index < -0.39 is 5.91 Å². The number of nitrogens with zero attached hydrogens (tertiary/aromatic N) is 1. The second-order valence-corrected chi connectivity index (χ2v) is 8.03. The van der Waals surface area contributed by atoms with Gasteiger partial charge in [-0.05, 0) is 61.7 Å². The molecule has 6 nitrogen and oxygen atoms in total. The van der Waals surface area contributed by atoms with Crippen molar-refractivity contribution in [2.24, 2.45) is 11.7 Å². The Morgan fingerprint density at radius 2 is 1.87 bits per heavy atom. The summed E-state index contributed by atoms with van der Waals surface area (Å²) in [6.07, 6.45) is 3.88. The molecule has 0 aromatic heterocycles. The number of carbonyl (C=O) groups is 2. The third-order valence-corrected chi connectivity index (χ3v) is 5.37. The van der Waals surface area contributed by atoms with Crippen molar-refractivity contribution >= 4 is 11.8 Å². The molecule has 3 N–H and O–H groups in total. The van der Waals surface area contributed by atoms with Crippen molar-refractivity contribution in [1.82, 2.24) is 10.2 Å². The molecule has 1 aliphatic rings. The average molecular weight is 410 g/mol. The number of benzene rings is 2. The zero-order valence-corrected chi connectivity index (χ0v) is 17.6. The number of carbonyl (C=O) groups excluding carboxylic acids is 2. The summed E-state index contributed by atoms with van der Waals surface area (Å²) >= 11 is 0. The van der Waals surface area contributed by atoms with Crippen LogP contribution in [0.2, 0.25) is 0 Å². The van der Waals surface area contributed by atoms with Crippen LogP contribution in [0.3, 0.4) is 0 Å². The Kier molecular flexibility index (Phi) is 7.85. The molecule has 1 atom stereocenters. The monoisotopic (exact) mass is 409 g/mol. The van der Waals surface area contributed by atoms with E-state index in [2.05, 4.69) is 17.1 Å². The molecule has 1 aliphatic heterocycles. The normalized spacial score (nSPS) is 15.4. The van der Waals surface area contributed by atoms with Gasteiger partial charge in [-0.1, -0.05) is 37.6 Å². The lowest BCUT2D eigenvalue weighted by molar-refractivity contribution is 0.0941. The molecule has 30 heavy (non-hydrogen) atoms. The van der Waals surface area contributed by atoms with Gasteiger partial charge in [-0.3, -0.25) is 9.59 Å². The summed E-state index contributed by atoms with van der Waals surface area (Å²) < 4.78 is 5.76. The van der Waals surface area contributed by atoms with Crippen LogP contribution in [0, 0.1) is 5.92 Å². The summed E-state index contributed by atoms with van der Waals surface area (Å²) in [5, 5.41) is 3.05. The van der Waals surface area contributed by atoms with E-state index in [4.69, 9.17) is 10.5 Å². The Balaban J connectivity index is 1.52. The van der Waals surface area contributed by atoms with Gasteiger partial charge in [-0.2, -0.15) is 0 Å². The average Bonchev–Trinajstić information content (AvgIpc) is 2.77. The Bertz CT molecular complexity index is 862. The zero-order valence-electron chi connectivity index (χ0n) is 17.6. The second kappa shape index (κ2) is 10.8. The van der Waals surface area contributed by atoms with Gasteiger partial charge >= 0.3 is 0 Å². The minimum atomic E-state index is -0.530. The van der Waals surface area contributed by atoms with Crippen molar-refractivity contribution in [3.8, 4) is 5.75 Å². The molecule has 1 unspecified atom stereocenters. The van der Waals surface area contributed by atoms with Crippen LogP contribution in [-0.4, -0.2) is 42.9 Å². The predicted octanol–water partition coefficient (Wildman–Crippen LogP) is 3.22. The fourth-order valence-corrected chi connectivity index (χ4v) is 3.78. The van der Waals surface area contributed by atoms with Gasteiger partial charge in [0.2, 0.25) is 0 Å². The summed E-state index contributed by atoms with van der Waals surface area (Å²) in [6, 6.07) is 14.2. The fraction of sp³-hybridized carbons (Fsp3) is 0.417. The van der Waals surface area contributed by atoms with Gasteiger partial charge in [0.25, 0.3) is 11.8 Å². The van der Waals surface area contributed by atoms with Crippen LogP contribution in [0.15, 0.2) is 48.5 Å². The summed E-state index contributed by atoms with van der Waals surface area (Å²) in [7, 11) is 0. The van der Waals surface area contributed by atoms with Crippen LogP contribution in [0.1, 0.15) is 52.5 Å². The number of primary amides is 1. The van der Waals surface area contributed by atoms with Crippen LogP contribution in [-0.2, 0) is 6.61 Å². The summed E-state index contributed by atoms with van der Waals surface area (Å²) in [5.74, 6) is 0.229. The highest BCUT2D eigenvalue weighted by molar-refractivity contribution is 5.95. The molecular formula is C24H31N3O3. The molecule has 1 heterocycles. The second-order valence-electron chi connectivity index (χ2n) is 8.03. The minimum Gasteiger partial charge on any atom is -0.488 e. The molecule has 160 valence electrons. The number of ether oxygens (including phenoxy) is 1. The number of likely N-dealkylation sites (tertiary alicyclic amines) is 1. The highest BCUT2D eigenvalue weighted by Gasteiger charge is 2.15. The lowest BCUT2D eigenvalue weighted by Crippen LogP contribution is -2.38. The maximum atomic E-state index is 12.6. The zero-order chi connectivity index (χ0) is 21.3. The Morgan fingerprint density at radius 3 is 2.63 bits per heavy atom. The van der Waals surface area contributed by atoms with Crippen molar-refractivity contribution in [2.45, 2.75) is 32.8 Å². The highest BCUT2D eigenvalue weighted by Crippen LogP contribution is 2.19. The lowest BCUT2D eigenvalue weighted by atomic mass is 10.1. The first kappa shape index (κ1) is 21.8. The van der Waals surface area contributed by atoms with E-state index >= 15 is 0 Å². The molecule has 6 heteroatoms. The molecule has 2 amide bonds. The molecule has 0 aliphatic carbocycles. The SMILES string of the molecule is CC(CNC(=O)c1cccc(COc2ccccc2C(N)=O)c1)CN1CCCCC1. The number of hydrogen-bond acceptors (Lipinski definition) is 4. The lowest BCUT2D eigenvalue weighted by Gasteiger charge is -2.29. The maximum absolute atomic E-state index is 12.6. The molecule has 1 saturated heterocycles. The number of piperidine rings is 1. The van der Waals surface area contributed by atoms with E-state index in [1.54, 1.807) is 30.3 Å². The number of para-hydroxylation sites is 1. The molecule has 3 rings (SSSR count). The number of nitrogens with one attached hydrogen (secondary N) is 1. The van der Waals surface area contributed by atoms with Gasteiger partial charge in [0.05, 0.1) is 5.56 Å². The van der Waals surface area contributed by atoms with Gasteiger partial charge in [0, 0.05) is 18.7 Å². The number of amides is 2. The van der Waals surface area contributed by atoms with Gasteiger partial charge in [-0.25, -0.2) is 0 Å². The van der Waals surface area contributed by atoms with Crippen LogP contribution < -0.4 is 15.8 Å². The smallest absolute Gasteiger partial charge is 0.252 e. The van der Waals surface area contributed by atoms with E-state index in [-0.39, 0.29) is 12.5 Å². The standard InChI is InChI=1S/C24H31N3O3/c1-18(16-27-12-5-2-6-13-27)15-26-24(29)20-9-7-8-19(14-20)17-30-22-11-4-3-10-21(22)23(25)28/h3-4,7-11,14,18H,2,5-6,12-13,15-17H2,1H3,(H2,25,28)(H,26,29). The van der Waals surface area contributed by atoms with Crippen LogP contribution >= 0.6 is 0 Å². The number of hydrogen-bond donors (Lipinski definition) is 2. The quantitative estimate of drug-likeness (QED) is 0.666. The van der Waals surface area contributed by atoms with Gasteiger partial charge in [0.15, 0.2) is 0 Å². The molecule has 2 aromatic carbocycles. The first-order chi connectivity index (χ1) is 14.5. The van der Waals surface area contributed by atoms with E-state index in [1.807, 2.05) is 18.2 Å². The molecule has 1 fully saturated rings. The first-order valence-electron chi connectivity index (χ1n) is 10.6. The number of rotatable bonds is 9. The molecule has 0 bridgehead atoms. The Labute approximate surface area is 178 Å². The van der Waals surface area contributed by atoms with Crippen molar-refractivity contribution in [1.29, 1.82) is 0 Å². The van der Waals surface area contributed by atoms with Gasteiger partial charge < -0.3 is 20.7 Å². The third-order valence-electron chi connectivity index (χ3n) is 5.37. The van der Waals surface area contributed by atoms with E-state index in [0.717, 1.165) is 12.1 Å². The summed E-state index contributed by atoms with van der Waals surface area (Å²) in [6.45, 7) is 6.43. The van der Waals surface area contributed by atoms with Crippen molar-refractivity contribution < 1.29 is 14.3 Å². The van der Waals surface area contributed by atoms with Crippen LogP contribution in [0.25, 0.3) is 0 Å². The number of nitrogens with two attached hydrogens (primary N) is 1. The first-order valence-corrected chi connectivity index (χ1v) is 10.6. The van der Waals surface area contributed by atoms with E-state index in [1.165, 1.54) is 32.4 Å². The third kappa shape index (κ3) is 6.32.